The number of anilines is 1. The van der Waals surface area contributed by atoms with Gasteiger partial charge in [0.1, 0.15) is 5.01 Å². The van der Waals surface area contributed by atoms with Crippen molar-refractivity contribution in [1.29, 1.82) is 5.26 Å². The number of carbonyl (C=O) groups excluding carboxylic acids is 1. The minimum atomic E-state index is -3.66. The van der Waals surface area contributed by atoms with Crippen LogP contribution in [0.15, 0.2) is 53.4 Å². The third kappa shape index (κ3) is 5.17. The van der Waals surface area contributed by atoms with Crippen LogP contribution in [0.1, 0.15) is 43.7 Å². The van der Waals surface area contributed by atoms with Crippen molar-refractivity contribution in [3.63, 3.8) is 0 Å². The predicted molar refractivity (Wildman–Crippen MR) is 131 cm³/mol. The zero-order chi connectivity index (χ0) is 24.3. The summed E-state index contributed by atoms with van der Waals surface area (Å²) in [6.45, 7) is 4.79. The molecular formula is C24H25N5O3S2. The second kappa shape index (κ2) is 10.0. The molecule has 0 spiro atoms. The van der Waals surface area contributed by atoms with E-state index in [0.29, 0.717) is 29.5 Å². The highest BCUT2D eigenvalue weighted by molar-refractivity contribution is 7.89. The second-order valence-corrected chi connectivity index (χ2v) is 11.4. The molecule has 8 nitrogen and oxygen atoms in total. The van der Waals surface area contributed by atoms with E-state index in [1.54, 1.807) is 0 Å². The molecule has 10 heteroatoms. The average molecular weight is 496 g/mol. The molecule has 176 valence electrons. The molecule has 2 heterocycles. The van der Waals surface area contributed by atoms with Crippen LogP contribution in [-0.4, -0.2) is 41.9 Å². The van der Waals surface area contributed by atoms with Gasteiger partial charge in [-0.3, -0.25) is 4.79 Å². The van der Waals surface area contributed by atoms with E-state index in [1.807, 2.05) is 18.2 Å². The van der Waals surface area contributed by atoms with Crippen molar-refractivity contribution in [2.75, 3.05) is 18.4 Å². The molecular weight excluding hydrogens is 470 g/mol. The molecule has 0 atom stereocenters. The van der Waals surface area contributed by atoms with Crippen LogP contribution in [0, 0.1) is 17.2 Å². The van der Waals surface area contributed by atoms with Gasteiger partial charge in [0.15, 0.2) is 0 Å². The predicted octanol–water partition coefficient (Wildman–Crippen LogP) is 4.24. The number of aromatic nitrogens is 2. The zero-order valence-corrected chi connectivity index (χ0v) is 20.6. The maximum Gasteiger partial charge on any atom is 0.243 e. The van der Waals surface area contributed by atoms with Crippen molar-refractivity contribution in [1.82, 2.24) is 14.5 Å². The molecule has 1 saturated heterocycles. The average Bonchev–Trinajstić information content (AvgIpc) is 3.32. The molecule has 34 heavy (non-hydrogen) atoms. The third-order valence-electron chi connectivity index (χ3n) is 5.93. The maximum atomic E-state index is 12.9. The minimum Gasteiger partial charge on any atom is -0.300 e. The summed E-state index contributed by atoms with van der Waals surface area (Å²) in [7, 11) is -3.66. The molecule has 0 unspecified atom stereocenters. The first-order valence-electron chi connectivity index (χ1n) is 11.0. The van der Waals surface area contributed by atoms with Crippen molar-refractivity contribution in [2.24, 2.45) is 5.92 Å². The smallest absolute Gasteiger partial charge is 0.243 e. The SMILES string of the molecule is CC(C)c1ccc(-c2nnc(NC(=O)C3CCN(S(=O)(=O)c4ccc(C#N)cc4)CC3)s2)cc1. The highest BCUT2D eigenvalue weighted by atomic mass is 32.2. The Morgan fingerprint density at radius 3 is 2.32 bits per heavy atom. The molecule has 0 saturated carbocycles. The van der Waals surface area contributed by atoms with E-state index in [0.717, 1.165) is 10.6 Å². The van der Waals surface area contributed by atoms with Crippen LogP contribution in [0.25, 0.3) is 10.6 Å². The van der Waals surface area contributed by atoms with Gasteiger partial charge >= 0.3 is 0 Å². The van der Waals surface area contributed by atoms with Crippen LogP contribution in [-0.2, 0) is 14.8 Å². The van der Waals surface area contributed by atoms with Crippen LogP contribution in [0.2, 0.25) is 0 Å². The summed E-state index contributed by atoms with van der Waals surface area (Å²) < 4.78 is 27.1. The Morgan fingerprint density at radius 1 is 1.09 bits per heavy atom. The first-order chi connectivity index (χ1) is 16.3. The Bertz CT molecular complexity index is 1300. The van der Waals surface area contributed by atoms with Gasteiger partial charge in [0.2, 0.25) is 21.1 Å². The number of carbonyl (C=O) groups is 1. The van der Waals surface area contributed by atoms with Gasteiger partial charge in [-0.1, -0.05) is 49.4 Å². The topological polar surface area (TPSA) is 116 Å². The van der Waals surface area contributed by atoms with Crippen molar-refractivity contribution in [3.8, 4) is 16.6 Å². The summed E-state index contributed by atoms with van der Waals surface area (Å²) in [6, 6.07) is 16.0. The minimum absolute atomic E-state index is 0.150. The molecule has 1 N–H and O–H groups in total. The monoisotopic (exact) mass is 495 g/mol. The Morgan fingerprint density at radius 2 is 1.74 bits per heavy atom. The fourth-order valence-corrected chi connectivity index (χ4v) is 6.04. The Kier molecular flexibility index (Phi) is 7.07. The molecule has 4 rings (SSSR count). The first-order valence-corrected chi connectivity index (χ1v) is 13.3. The molecule has 1 aromatic heterocycles. The quantitative estimate of drug-likeness (QED) is 0.547. The number of nitriles is 1. The van der Waals surface area contributed by atoms with Gasteiger partial charge < -0.3 is 5.32 Å². The molecule has 1 amide bonds. The number of hydrogen-bond acceptors (Lipinski definition) is 7. The normalized spacial score (nSPS) is 15.2. The van der Waals surface area contributed by atoms with Crippen molar-refractivity contribution >= 4 is 32.4 Å². The number of benzene rings is 2. The number of hydrogen-bond donors (Lipinski definition) is 1. The number of nitrogens with zero attached hydrogens (tertiary/aromatic N) is 4. The highest BCUT2D eigenvalue weighted by Crippen LogP contribution is 2.29. The van der Waals surface area contributed by atoms with E-state index in [1.165, 1.54) is 45.5 Å². The lowest BCUT2D eigenvalue weighted by atomic mass is 9.97. The summed E-state index contributed by atoms with van der Waals surface area (Å²) in [5.74, 6) is -0.0257. The molecule has 0 aliphatic carbocycles. The van der Waals surface area contributed by atoms with Gasteiger partial charge in [0.05, 0.1) is 16.5 Å². The van der Waals surface area contributed by atoms with Crippen LogP contribution < -0.4 is 5.32 Å². The largest absolute Gasteiger partial charge is 0.300 e. The van der Waals surface area contributed by atoms with Crippen LogP contribution in [0.4, 0.5) is 5.13 Å². The molecule has 1 fully saturated rings. The Balaban J connectivity index is 1.34. The number of amides is 1. The number of piperidine rings is 1. The zero-order valence-electron chi connectivity index (χ0n) is 18.9. The van der Waals surface area contributed by atoms with Gasteiger partial charge in [0, 0.05) is 24.6 Å². The lowest BCUT2D eigenvalue weighted by Gasteiger charge is -2.30. The van der Waals surface area contributed by atoms with Gasteiger partial charge in [0.25, 0.3) is 0 Å². The fourth-order valence-electron chi connectivity index (χ4n) is 3.82. The van der Waals surface area contributed by atoms with Gasteiger partial charge in [-0.05, 0) is 48.6 Å². The molecule has 2 aromatic carbocycles. The van der Waals surface area contributed by atoms with Gasteiger partial charge in [-0.2, -0.15) is 9.57 Å². The van der Waals surface area contributed by atoms with Crippen molar-refractivity contribution in [2.45, 2.75) is 37.5 Å². The number of rotatable bonds is 6. The van der Waals surface area contributed by atoms with E-state index in [2.05, 4.69) is 41.5 Å². The summed E-state index contributed by atoms with van der Waals surface area (Å²) >= 11 is 1.31. The van der Waals surface area contributed by atoms with E-state index in [9.17, 15) is 13.2 Å². The lowest BCUT2D eigenvalue weighted by molar-refractivity contribution is -0.120. The fraction of sp³-hybridized carbons (Fsp3) is 0.333. The Hall–Kier alpha value is -3.13. The van der Waals surface area contributed by atoms with Crippen LogP contribution >= 0.6 is 11.3 Å². The molecule has 3 aromatic rings. The summed E-state index contributed by atoms with van der Waals surface area (Å²) in [4.78, 5) is 12.9. The lowest BCUT2D eigenvalue weighted by Crippen LogP contribution is -2.41. The summed E-state index contributed by atoms with van der Waals surface area (Å²) in [5, 5.41) is 21.2. The van der Waals surface area contributed by atoms with E-state index >= 15 is 0 Å². The summed E-state index contributed by atoms with van der Waals surface area (Å²) in [5.41, 5.74) is 2.60. The highest BCUT2D eigenvalue weighted by Gasteiger charge is 2.32. The first kappa shape index (κ1) is 24.0. The van der Waals surface area contributed by atoms with Crippen LogP contribution in [0.5, 0.6) is 0 Å². The van der Waals surface area contributed by atoms with Gasteiger partial charge in [-0.15, -0.1) is 10.2 Å². The number of nitrogens with one attached hydrogen (secondary N) is 1. The van der Waals surface area contributed by atoms with Gasteiger partial charge in [-0.25, -0.2) is 8.42 Å². The molecule has 1 aliphatic rings. The summed E-state index contributed by atoms with van der Waals surface area (Å²) in [6.07, 6.45) is 0.841. The van der Waals surface area contributed by atoms with Crippen LogP contribution in [0.3, 0.4) is 0 Å². The maximum absolute atomic E-state index is 12.9. The molecule has 0 bridgehead atoms. The van der Waals surface area contributed by atoms with E-state index in [-0.39, 0.29) is 29.8 Å². The second-order valence-electron chi connectivity index (χ2n) is 8.49. The third-order valence-corrected chi connectivity index (χ3v) is 8.73. The molecule has 0 radical (unpaired) electrons. The molecule has 1 aliphatic heterocycles. The van der Waals surface area contributed by atoms with E-state index < -0.39 is 10.0 Å². The van der Waals surface area contributed by atoms with E-state index in [4.69, 9.17) is 5.26 Å². The number of sulfonamides is 1. The standard InChI is InChI=1S/C24H25N5O3S2/c1-16(2)18-5-7-20(8-6-18)23-27-28-24(33-23)26-22(30)19-11-13-29(14-12-19)34(31,32)21-9-3-17(15-25)4-10-21/h3-10,16,19H,11-14H2,1-2H3,(H,26,28,30). The van der Waals surface area contributed by atoms with Crippen molar-refractivity contribution in [3.05, 3.63) is 59.7 Å². The van der Waals surface area contributed by atoms with Crippen molar-refractivity contribution < 1.29 is 13.2 Å². The Labute approximate surface area is 203 Å².